The molecule has 0 aliphatic carbocycles. The average Bonchev–Trinajstić information content (AvgIpc) is 3.15. The molecule has 36 heavy (non-hydrogen) atoms. The van der Waals surface area contributed by atoms with Crippen molar-refractivity contribution < 1.29 is 22.7 Å². The van der Waals surface area contributed by atoms with Gasteiger partial charge in [0.1, 0.15) is 23.7 Å². The maximum Gasteiger partial charge on any atom is 0.302 e. The van der Waals surface area contributed by atoms with Gasteiger partial charge in [0.25, 0.3) is 5.56 Å². The van der Waals surface area contributed by atoms with E-state index in [-0.39, 0.29) is 36.0 Å². The molecule has 3 rings (SSSR count). The maximum absolute atomic E-state index is 13.4. The largest absolute Gasteiger partial charge is 0.493 e. The standard InChI is InChI=1S/C24H33N5O6S/c1-6-9-19-21-22(28(5)27-19)24(31)26-23(25-21)18-15-17(10-11-20(18)35-13-7-2)36(32,33)29(8-3)12-14-34-16(4)30/h10-11,15H,6-9,12-14H2,1-5H3,(H,25,26,31). The van der Waals surface area contributed by atoms with E-state index >= 15 is 0 Å². The van der Waals surface area contributed by atoms with E-state index in [9.17, 15) is 18.0 Å². The van der Waals surface area contributed by atoms with E-state index in [4.69, 9.17) is 9.47 Å². The van der Waals surface area contributed by atoms with Gasteiger partial charge in [-0.15, -0.1) is 0 Å². The summed E-state index contributed by atoms with van der Waals surface area (Å²) in [5, 5.41) is 4.44. The van der Waals surface area contributed by atoms with Gasteiger partial charge in [0.2, 0.25) is 10.0 Å². The maximum atomic E-state index is 13.4. The lowest BCUT2D eigenvalue weighted by Gasteiger charge is -2.21. The summed E-state index contributed by atoms with van der Waals surface area (Å²) < 4.78 is 40.3. The number of fused-ring (bicyclic) bond motifs is 1. The number of H-pyrrole nitrogens is 1. The topological polar surface area (TPSA) is 136 Å². The van der Waals surface area contributed by atoms with Crippen LogP contribution in [0.5, 0.6) is 5.75 Å². The van der Waals surface area contributed by atoms with Crippen LogP contribution in [-0.2, 0) is 33.0 Å². The number of esters is 1. The molecule has 2 aromatic heterocycles. The van der Waals surface area contributed by atoms with E-state index in [2.05, 4.69) is 15.1 Å². The number of sulfonamides is 1. The Balaban J connectivity index is 2.14. The summed E-state index contributed by atoms with van der Waals surface area (Å²) in [5.74, 6) is 0.123. The summed E-state index contributed by atoms with van der Waals surface area (Å²) in [7, 11) is -2.24. The Morgan fingerprint density at radius 2 is 1.92 bits per heavy atom. The molecule has 196 valence electrons. The zero-order valence-electron chi connectivity index (χ0n) is 21.3. The number of rotatable bonds is 12. The van der Waals surface area contributed by atoms with Crippen molar-refractivity contribution in [2.24, 2.45) is 7.05 Å². The lowest BCUT2D eigenvalue weighted by Crippen LogP contribution is -2.34. The number of nitrogens with zero attached hydrogens (tertiary/aromatic N) is 4. The smallest absolute Gasteiger partial charge is 0.302 e. The van der Waals surface area contributed by atoms with Crippen molar-refractivity contribution in [3.63, 3.8) is 0 Å². The molecule has 0 amide bonds. The molecular formula is C24H33N5O6S. The Labute approximate surface area is 210 Å². The van der Waals surface area contributed by atoms with Gasteiger partial charge in [-0.05, 0) is 31.0 Å². The molecule has 0 aliphatic rings. The van der Waals surface area contributed by atoms with Gasteiger partial charge in [0, 0.05) is 27.1 Å². The van der Waals surface area contributed by atoms with Crippen LogP contribution in [-0.4, -0.2) is 64.7 Å². The molecule has 11 nitrogen and oxygen atoms in total. The highest BCUT2D eigenvalue weighted by molar-refractivity contribution is 7.89. The van der Waals surface area contributed by atoms with E-state index in [0.29, 0.717) is 41.1 Å². The monoisotopic (exact) mass is 519 g/mol. The van der Waals surface area contributed by atoms with Crippen molar-refractivity contribution in [1.29, 1.82) is 0 Å². The number of carbonyl (C=O) groups excluding carboxylic acids is 1. The molecule has 1 N–H and O–H groups in total. The second-order valence-corrected chi connectivity index (χ2v) is 10.2. The van der Waals surface area contributed by atoms with Crippen LogP contribution < -0.4 is 10.3 Å². The second-order valence-electron chi connectivity index (χ2n) is 8.28. The van der Waals surface area contributed by atoms with Crippen LogP contribution in [0, 0.1) is 0 Å². The first-order valence-electron chi connectivity index (χ1n) is 12.0. The van der Waals surface area contributed by atoms with Crippen molar-refractivity contribution >= 4 is 27.0 Å². The molecular weight excluding hydrogens is 486 g/mol. The molecule has 0 fully saturated rings. The van der Waals surface area contributed by atoms with Crippen molar-refractivity contribution in [2.45, 2.75) is 51.9 Å². The van der Waals surface area contributed by atoms with Gasteiger partial charge in [-0.2, -0.15) is 9.40 Å². The molecule has 0 radical (unpaired) electrons. The van der Waals surface area contributed by atoms with Gasteiger partial charge in [0.15, 0.2) is 5.52 Å². The molecule has 0 aliphatic heterocycles. The Kier molecular flexibility index (Phi) is 8.85. The van der Waals surface area contributed by atoms with Crippen LogP contribution in [0.25, 0.3) is 22.4 Å². The van der Waals surface area contributed by atoms with Crippen molar-refractivity contribution in [2.75, 3.05) is 26.3 Å². The van der Waals surface area contributed by atoms with Gasteiger partial charge in [-0.1, -0.05) is 27.2 Å². The molecule has 3 aromatic rings. The molecule has 0 bridgehead atoms. The summed E-state index contributed by atoms with van der Waals surface area (Å²) in [6.07, 6.45) is 2.22. The van der Waals surface area contributed by atoms with Crippen LogP contribution in [0.3, 0.4) is 0 Å². The Morgan fingerprint density at radius 3 is 2.56 bits per heavy atom. The zero-order chi connectivity index (χ0) is 26.5. The van der Waals surface area contributed by atoms with Crippen LogP contribution in [0.1, 0.15) is 46.2 Å². The predicted molar refractivity (Wildman–Crippen MR) is 135 cm³/mol. The van der Waals surface area contributed by atoms with Gasteiger partial charge < -0.3 is 14.5 Å². The quantitative estimate of drug-likeness (QED) is 0.361. The fourth-order valence-electron chi connectivity index (χ4n) is 3.86. The molecule has 2 heterocycles. The van der Waals surface area contributed by atoms with E-state index in [1.54, 1.807) is 20.0 Å². The number of aromatic nitrogens is 4. The number of aryl methyl sites for hydroxylation is 2. The third-order valence-corrected chi connectivity index (χ3v) is 7.52. The second kappa shape index (κ2) is 11.7. The summed E-state index contributed by atoms with van der Waals surface area (Å²) in [6.45, 7) is 7.49. The van der Waals surface area contributed by atoms with Crippen LogP contribution in [0.2, 0.25) is 0 Å². The third kappa shape index (κ3) is 5.76. The summed E-state index contributed by atoms with van der Waals surface area (Å²) in [4.78, 5) is 31.6. The van der Waals surface area contributed by atoms with Crippen LogP contribution in [0.4, 0.5) is 0 Å². The molecule has 0 saturated heterocycles. The Hall–Kier alpha value is -3.25. The molecule has 1 aromatic carbocycles. The highest BCUT2D eigenvalue weighted by atomic mass is 32.2. The summed E-state index contributed by atoms with van der Waals surface area (Å²) in [6, 6.07) is 4.48. The number of hydrogen-bond donors (Lipinski definition) is 1. The highest BCUT2D eigenvalue weighted by Gasteiger charge is 2.26. The SMILES string of the molecule is CCCOc1ccc(S(=O)(=O)N(CC)CCOC(C)=O)cc1-c1nc2c(CCC)nn(C)c2c(=O)[nH]1. The first kappa shape index (κ1) is 27.3. The highest BCUT2D eigenvalue weighted by Crippen LogP contribution is 2.32. The molecule has 0 unspecified atom stereocenters. The van der Waals surface area contributed by atoms with Crippen molar-refractivity contribution in [3.8, 4) is 17.1 Å². The van der Waals surface area contributed by atoms with Crippen molar-refractivity contribution in [3.05, 3.63) is 34.2 Å². The number of carbonyl (C=O) groups is 1. The van der Waals surface area contributed by atoms with Gasteiger partial charge in [-0.25, -0.2) is 13.4 Å². The third-order valence-electron chi connectivity index (χ3n) is 5.55. The number of aromatic amines is 1. The van der Waals surface area contributed by atoms with E-state index in [1.807, 2.05) is 13.8 Å². The first-order chi connectivity index (χ1) is 17.1. The van der Waals surface area contributed by atoms with E-state index in [1.165, 1.54) is 28.0 Å². The number of hydrogen-bond acceptors (Lipinski definition) is 8. The van der Waals surface area contributed by atoms with Gasteiger partial charge >= 0.3 is 5.97 Å². The normalized spacial score (nSPS) is 11.8. The van der Waals surface area contributed by atoms with E-state index < -0.39 is 16.0 Å². The lowest BCUT2D eigenvalue weighted by molar-refractivity contribution is -0.141. The number of ether oxygens (including phenoxy) is 2. The first-order valence-corrected chi connectivity index (χ1v) is 13.4. The number of likely N-dealkylation sites (N-methyl/N-ethyl adjacent to an activating group) is 1. The minimum atomic E-state index is -3.93. The fourth-order valence-corrected chi connectivity index (χ4v) is 5.32. The molecule has 0 saturated carbocycles. The predicted octanol–water partition coefficient (Wildman–Crippen LogP) is 2.64. The number of benzene rings is 1. The summed E-state index contributed by atoms with van der Waals surface area (Å²) in [5.41, 5.74) is 1.50. The van der Waals surface area contributed by atoms with Crippen LogP contribution >= 0.6 is 0 Å². The van der Waals surface area contributed by atoms with Crippen molar-refractivity contribution in [1.82, 2.24) is 24.1 Å². The molecule has 0 atom stereocenters. The van der Waals surface area contributed by atoms with Gasteiger partial charge in [0.05, 0.1) is 22.8 Å². The fraction of sp³-hybridized carbons (Fsp3) is 0.500. The van der Waals surface area contributed by atoms with E-state index in [0.717, 1.165) is 12.8 Å². The average molecular weight is 520 g/mol. The van der Waals surface area contributed by atoms with Gasteiger partial charge in [-0.3, -0.25) is 14.3 Å². The number of nitrogens with one attached hydrogen (secondary N) is 1. The lowest BCUT2D eigenvalue weighted by atomic mass is 10.1. The zero-order valence-corrected chi connectivity index (χ0v) is 22.1. The van der Waals surface area contributed by atoms with Crippen LogP contribution in [0.15, 0.2) is 27.9 Å². The molecule has 12 heteroatoms. The minimum Gasteiger partial charge on any atom is -0.493 e. The minimum absolute atomic E-state index is 0.00809. The Bertz CT molecular complexity index is 1400. The Morgan fingerprint density at radius 1 is 1.17 bits per heavy atom. The summed E-state index contributed by atoms with van der Waals surface area (Å²) >= 11 is 0. The molecule has 0 spiro atoms.